The first-order valence-electron chi connectivity index (χ1n) is 6.01. The normalized spacial score (nSPS) is 13.1. The Hall–Kier alpha value is -1.56. The largest absolute Gasteiger partial charge is 0.416 e. The van der Waals surface area contributed by atoms with Crippen LogP contribution in [0.25, 0.3) is 0 Å². The van der Waals surface area contributed by atoms with Gasteiger partial charge in [0, 0.05) is 19.0 Å². The summed E-state index contributed by atoms with van der Waals surface area (Å²) < 4.78 is 37.4. The molecule has 106 valence electrons. The van der Waals surface area contributed by atoms with Gasteiger partial charge in [0.05, 0.1) is 5.56 Å². The lowest BCUT2D eigenvalue weighted by molar-refractivity contribution is -0.137. The molecule has 0 saturated heterocycles. The number of nitrogens with one attached hydrogen (secondary N) is 1. The van der Waals surface area contributed by atoms with Crippen LogP contribution in [0.4, 0.5) is 13.2 Å². The summed E-state index contributed by atoms with van der Waals surface area (Å²) in [5.41, 5.74) is 5.31. The molecule has 0 heterocycles. The molecule has 19 heavy (non-hydrogen) atoms. The molecule has 0 aliphatic carbocycles. The van der Waals surface area contributed by atoms with Crippen LogP contribution in [0.1, 0.15) is 30.9 Å². The molecule has 1 amide bonds. The summed E-state index contributed by atoms with van der Waals surface area (Å²) in [6, 6.07) is 4.66. The first kappa shape index (κ1) is 15.5. The highest BCUT2D eigenvalue weighted by molar-refractivity contribution is 5.76. The maximum Gasteiger partial charge on any atom is 0.416 e. The van der Waals surface area contributed by atoms with E-state index in [0.29, 0.717) is 12.0 Å². The van der Waals surface area contributed by atoms with Gasteiger partial charge in [0.15, 0.2) is 0 Å². The fourth-order valence-corrected chi connectivity index (χ4v) is 1.51. The average Bonchev–Trinajstić information content (AvgIpc) is 2.35. The Bertz CT molecular complexity index is 432. The zero-order valence-electron chi connectivity index (χ0n) is 10.6. The minimum absolute atomic E-state index is 0.0686. The molecule has 0 fully saturated rings. The molecule has 1 aromatic carbocycles. The van der Waals surface area contributed by atoms with E-state index in [0.717, 1.165) is 12.1 Å². The Morgan fingerprint density at radius 2 is 2.11 bits per heavy atom. The SMILES string of the molecule is CCC(N)CC(=O)NCc1cccc(C(F)(F)F)c1. The van der Waals surface area contributed by atoms with Crippen molar-refractivity contribution in [1.29, 1.82) is 0 Å². The summed E-state index contributed by atoms with van der Waals surface area (Å²) in [5, 5.41) is 2.56. The first-order valence-corrected chi connectivity index (χ1v) is 6.01. The summed E-state index contributed by atoms with van der Waals surface area (Å²) in [7, 11) is 0. The van der Waals surface area contributed by atoms with Gasteiger partial charge in [-0.2, -0.15) is 13.2 Å². The fraction of sp³-hybridized carbons (Fsp3) is 0.462. The van der Waals surface area contributed by atoms with Crippen molar-refractivity contribution in [2.24, 2.45) is 5.73 Å². The van der Waals surface area contributed by atoms with Crippen LogP contribution in [-0.2, 0) is 17.5 Å². The van der Waals surface area contributed by atoms with Crippen LogP contribution in [0.5, 0.6) is 0 Å². The quantitative estimate of drug-likeness (QED) is 0.866. The molecule has 3 N–H and O–H groups in total. The van der Waals surface area contributed by atoms with E-state index in [1.165, 1.54) is 12.1 Å². The van der Waals surface area contributed by atoms with Crippen LogP contribution in [0, 0.1) is 0 Å². The molecule has 1 unspecified atom stereocenters. The molecule has 6 heteroatoms. The molecule has 0 aromatic heterocycles. The van der Waals surface area contributed by atoms with Crippen LogP contribution in [0.2, 0.25) is 0 Å². The van der Waals surface area contributed by atoms with Gasteiger partial charge in [-0.05, 0) is 24.1 Å². The van der Waals surface area contributed by atoms with Gasteiger partial charge in [-0.25, -0.2) is 0 Å². The second kappa shape index (κ2) is 6.56. The van der Waals surface area contributed by atoms with Gasteiger partial charge in [0.1, 0.15) is 0 Å². The van der Waals surface area contributed by atoms with Crippen LogP contribution in [0.15, 0.2) is 24.3 Å². The Balaban J connectivity index is 2.56. The Morgan fingerprint density at radius 1 is 1.42 bits per heavy atom. The monoisotopic (exact) mass is 274 g/mol. The maximum absolute atomic E-state index is 12.5. The van der Waals surface area contributed by atoms with Gasteiger partial charge in [-0.15, -0.1) is 0 Å². The third kappa shape index (κ3) is 5.30. The van der Waals surface area contributed by atoms with Crippen molar-refractivity contribution in [3.8, 4) is 0 Å². The number of amides is 1. The summed E-state index contributed by atoms with van der Waals surface area (Å²) in [5.74, 6) is -0.258. The number of rotatable bonds is 5. The third-order valence-electron chi connectivity index (χ3n) is 2.72. The standard InChI is InChI=1S/C13H17F3N2O/c1-2-11(17)7-12(19)18-8-9-4-3-5-10(6-9)13(14,15)16/h3-6,11H,2,7-8,17H2,1H3,(H,18,19). The smallest absolute Gasteiger partial charge is 0.352 e. The van der Waals surface area contributed by atoms with Crippen LogP contribution in [-0.4, -0.2) is 11.9 Å². The molecule has 1 atom stereocenters. The van der Waals surface area contributed by atoms with Crippen molar-refractivity contribution in [2.75, 3.05) is 0 Å². The summed E-state index contributed by atoms with van der Waals surface area (Å²) in [6.07, 6.45) is -3.52. The van der Waals surface area contributed by atoms with E-state index in [9.17, 15) is 18.0 Å². The first-order chi connectivity index (χ1) is 8.82. The number of alkyl halides is 3. The van der Waals surface area contributed by atoms with Crippen molar-refractivity contribution < 1.29 is 18.0 Å². The van der Waals surface area contributed by atoms with E-state index in [2.05, 4.69) is 5.32 Å². The lowest BCUT2D eigenvalue weighted by atomic mass is 10.1. The second-order valence-corrected chi connectivity index (χ2v) is 4.35. The molecule has 0 aliphatic rings. The lowest BCUT2D eigenvalue weighted by Gasteiger charge is -2.11. The molecule has 0 radical (unpaired) electrons. The number of halogens is 3. The van der Waals surface area contributed by atoms with Gasteiger partial charge in [-0.3, -0.25) is 4.79 Å². The van der Waals surface area contributed by atoms with Crippen LogP contribution < -0.4 is 11.1 Å². The van der Waals surface area contributed by atoms with Crippen LogP contribution in [0.3, 0.4) is 0 Å². The second-order valence-electron chi connectivity index (χ2n) is 4.35. The van der Waals surface area contributed by atoms with E-state index >= 15 is 0 Å². The number of carbonyl (C=O) groups excluding carboxylic acids is 1. The Morgan fingerprint density at radius 3 is 2.68 bits per heavy atom. The number of benzene rings is 1. The lowest BCUT2D eigenvalue weighted by Crippen LogP contribution is -2.30. The number of nitrogens with two attached hydrogens (primary N) is 1. The van der Waals surface area contributed by atoms with Gasteiger partial charge in [0.2, 0.25) is 5.91 Å². The molecule has 0 saturated carbocycles. The summed E-state index contributed by atoms with van der Waals surface area (Å²) in [4.78, 5) is 11.5. The van der Waals surface area contributed by atoms with Gasteiger partial charge in [0.25, 0.3) is 0 Å². The zero-order valence-corrected chi connectivity index (χ0v) is 10.6. The van der Waals surface area contributed by atoms with Crippen molar-refractivity contribution in [2.45, 2.75) is 38.5 Å². The van der Waals surface area contributed by atoms with Crippen molar-refractivity contribution in [3.63, 3.8) is 0 Å². The van der Waals surface area contributed by atoms with Crippen molar-refractivity contribution >= 4 is 5.91 Å². The highest BCUT2D eigenvalue weighted by atomic mass is 19.4. The summed E-state index contributed by atoms with van der Waals surface area (Å²) >= 11 is 0. The number of hydrogen-bond acceptors (Lipinski definition) is 2. The molecule has 0 bridgehead atoms. The van der Waals surface area contributed by atoms with Crippen LogP contribution >= 0.6 is 0 Å². The highest BCUT2D eigenvalue weighted by Gasteiger charge is 2.30. The highest BCUT2D eigenvalue weighted by Crippen LogP contribution is 2.29. The van der Waals surface area contributed by atoms with Crippen molar-refractivity contribution in [1.82, 2.24) is 5.32 Å². The Labute approximate surface area is 110 Å². The predicted octanol–water partition coefficient (Wildman–Crippen LogP) is 2.45. The topological polar surface area (TPSA) is 55.1 Å². The molecule has 1 aromatic rings. The fourth-order valence-electron chi connectivity index (χ4n) is 1.51. The van der Waals surface area contributed by atoms with E-state index in [4.69, 9.17) is 5.73 Å². The molecule has 0 spiro atoms. The number of carbonyl (C=O) groups is 1. The Kier molecular flexibility index (Phi) is 5.35. The molecular formula is C13H17F3N2O. The minimum Gasteiger partial charge on any atom is -0.352 e. The van der Waals surface area contributed by atoms with Gasteiger partial charge in [-0.1, -0.05) is 19.1 Å². The van der Waals surface area contributed by atoms with E-state index in [-0.39, 0.29) is 24.9 Å². The minimum atomic E-state index is -4.37. The molecular weight excluding hydrogens is 257 g/mol. The maximum atomic E-state index is 12.5. The molecule has 0 aliphatic heterocycles. The molecule has 1 rings (SSSR count). The van der Waals surface area contributed by atoms with Gasteiger partial charge < -0.3 is 11.1 Å². The van der Waals surface area contributed by atoms with Crippen molar-refractivity contribution in [3.05, 3.63) is 35.4 Å². The van der Waals surface area contributed by atoms with Gasteiger partial charge >= 0.3 is 6.18 Å². The van der Waals surface area contributed by atoms with E-state index in [1.54, 1.807) is 0 Å². The zero-order chi connectivity index (χ0) is 14.5. The van der Waals surface area contributed by atoms with E-state index in [1.807, 2.05) is 6.92 Å². The third-order valence-corrected chi connectivity index (χ3v) is 2.72. The van der Waals surface area contributed by atoms with E-state index < -0.39 is 11.7 Å². The molecule has 3 nitrogen and oxygen atoms in total. The average molecular weight is 274 g/mol. The number of hydrogen-bond donors (Lipinski definition) is 2. The predicted molar refractivity (Wildman–Crippen MR) is 66.2 cm³/mol. The summed E-state index contributed by atoms with van der Waals surface area (Å²) in [6.45, 7) is 1.93.